The summed E-state index contributed by atoms with van der Waals surface area (Å²) in [4.78, 5) is 31.9. The number of carbonyl (C=O) groups is 2. The normalized spacial score (nSPS) is 23.4. The van der Waals surface area contributed by atoms with E-state index in [0.29, 0.717) is 11.8 Å². The fraction of sp³-hybridized carbons (Fsp3) is 0.577. The number of ether oxygens (including phenoxy) is 1. The van der Waals surface area contributed by atoms with E-state index in [1.807, 2.05) is 18.2 Å². The second kappa shape index (κ2) is 10.5. The second-order valence-corrected chi connectivity index (χ2v) is 9.62. The van der Waals surface area contributed by atoms with E-state index in [4.69, 9.17) is 9.72 Å². The van der Waals surface area contributed by atoms with Crippen molar-refractivity contribution in [3.8, 4) is 0 Å². The van der Waals surface area contributed by atoms with E-state index in [1.54, 1.807) is 0 Å². The standard InChI is InChI=1S/C26H36N4O3/c1-17-5-4-6-22(19(17)3)29-26(32)10-9-25(31)27-20-7-8-23-21(16-20)18(2)15-24(28-23)30-11-13-33-14-12-30/h7-8,15-17,19,22H,4-6,9-14H2,1-3H3,(H,27,31)(H,29,32)/t17-,19-,22-/m1/s1. The van der Waals surface area contributed by atoms with Gasteiger partial charge in [0.05, 0.1) is 18.7 Å². The molecule has 2 aliphatic rings. The molecule has 2 heterocycles. The first-order valence-electron chi connectivity index (χ1n) is 12.2. The van der Waals surface area contributed by atoms with Gasteiger partial charge in [-0.2, -0.15) is 0 Å². The zero-order valence-corrected chi connectivity index (χ0v) is 20.0. The van der Waals surface area contributed by atoms with Crippen molar-refractivity contribution >= 4 is 34.2 Å². The first-order chi connectivity index (χ1) is 15.9. The molecule has 7 nitrogen and oxygen atoms in total. The smallest absolute Gasteiger partial charge is 0.224 e. The number of amides is 2. The van der Waals surface area contributed by atoms with Crippen molar-refractivity contribution < 1.29 is 14.3 Å². The Morgan fingerprint density at radius 3 is 2.64 bits per heavy atom. The third-order valence-electron chi connectivity index (χ3n) is 7.25. The van der Waals surface area contributed by atoms with Gasteiger partial charge < -0.3 is 20.3 Å². The van der Waals surface area contributed by atoms with Crippen LogP contribution in [0.15, 0.2) is 24.3 Å². The summed E-state index contributed by atoms with van der Waals surface area (Å²) in [5.41, 5.74) is 2.75. The summed E-state index contributed by atoms with van der Waals surface area (Å²) in [5.74, 6) is 1.89. The lowest BCUT2D eigenvalue weighted by atomic mass is 9.78. The van der Waals surface area contributed by atoms with Crippen molar-refractivity contribution in [3.05, 3.63) is 29.8 Å². The van der Waals surface area contributed by atoms with Gasteiger partial charge in [-0.25, -0.2) is 4.98 Å². The fourth-order valence-electron chi connectivity index (χ4n) is 4.92. The molecule has 1 aromatic carbocycles. The number of nitrogens with zero attached hydrogens (tertiary/aromatic N) is 2. The lowest BCUT2D eigenvalue weighted by molar-refractivity contribution is -0.125. The number of nitrogens with one attached hydrogen (secondary N) is 2. The summed E-state index contributed by atoms with van der Waals surface area (Å²) >= 11 is 0. The number of anilines is 2. The van der Waals surface area contributed by atoms with Gasteiger partial charge in [-0.3, -0.25) is 9.59 Å². The van der Waals surface area contributed by atoms with Crippen LogP contribution in [-0.4, -0.2) is 49.1 Å². The molecule has 7 heteroatoms. The molecule has 1 aliphatic carbocycles. The maximum atomic E-state index is 12.5. The number of carbonyl (C=O) groups excluding carboxylic acids is 2. The number of pyridine rings is 1. The molecule has 1 aromatic heterocycles. The summed E-state index contributed by atoms with van der Waals surface area (Å²) < 4.78 is 5.44. The Morgan fingerprint density at radius 1 is 1.09 bits per heavy atom. The third-order valence-corrected chi connectivity index (χ3v) is 7.25. The number of hydrogen-bond acceptors (Lipinski definition) is 5. The van der Waals surface area contributed by atoms with Gasteiger partial charge in [-0.1, -0.05) is 26.7 Å². The van der Waals surface area contributed by atoms with Crippen molar-refractivity contribution in [1.82, 2.24) is 10.3 Å². The van der Waals surface area contributed by atoms with Crippen molar-refractivity contribution in [2.45, 2.75) is 58.9 Å². The molecule has 4 rings (SSSR count). The first-order valence-corrected chi connectivity index (χ1v) is 12.2. The van der Waals surface area contributed by atoms with Crippen LogP contribution in [0.3, 0.4) is 0 Å². The molecule has 33 heavy (non-hydrogen) atoms. The Morgan fingerprint density at radius 2 is 1.85 bits per heavy atom. The van der Waals surface area contributed by atoms with Crippen LogP contribution in [0.25, 0.3) is 10.9 Å². The molecule has 0 radical (unpaired) electrons. The lowest BCUT2D eigenvalue weighted by Gasteiger charge is -2.34. The van der Waals surface area contributed by atoms with Crippen LogP contribution in [0.1, 0.15) is 51.5 Å². The number of fused-ring (bicyclic) bond motifs is 1. The van der Waals surface area contributed by atoms with Gasteiger partial charge >= 0.3 is 0 Å². The summed E-state index contributed by atoms with van der Waals surface area (Å²) in [6, 6.07) is 8.10. The average Bonchev–Trinajstić information content (AvgIpc) is 2.81. The van der Waals surface area contributed by atoms with E-state index in [2.05, 4.69) is 42.4 Å². The Hall–Kier alpha value is -2.67. The minimum atomic E-state index is -0.148. The highest BCUT2D eigenvalue weighted by molar-refractivity contribution is 5.96. The zero-order valence-electron chi connectivity index (χ0n) is 20.0. The molecule has 2 amide bonds. The SMILES string of the molecule is Cc1cc(N2CCOCC2)nc2ccc(NC(=O)CCC(=O)N[C@@H]3CCC[C@@H](C)[C@H]3C)cc12. The van der Waals surface area contributed by atoms with Crippen molar-refractivity contribution in [2.75, 3.05) is 36.5 Å². The molecule has 0 spiro atoms. The van der Waals surface area contributed by atoms with E-state index in [-0.39, 0.29) is 30.7 Å². The molecule has 2 fully saturated rings. The maximum Gasteiger partial charge on any atom is 0.224 e. The zero-order chi connectivity index (χ0) is 23.4. The monoisotopic (exact) mass is 452 g/mol. The molecule has 178 valence electrons. The van der Waals surface area contributed by atoms with E-state index in [1.165, 1.54) is 6.42 Å². The van der Waals surface area contributed by atoms with Crippen molar-refractivity contribution in [1.29, 1.82) is 0 Å². The molecular weight excluding hydrogens is 416 g/mol. The van der Waals surface area contributed by atoms with Crippen LogP contribution < -0.4 is 15.5 Å². The highest BCUT2D eigenvalue weighted by Gasteiger charge is 2.28. The summed E-state index contributed by atoms with van der Waals surface area (Å²) in [6.07, 6.45) is 3.79. The Balaban J connectivity index is 1.33. The number of rotatable bonds is 6. The largest absolute Gasteiger partial charge is 0.378 e. The Bertz CT molecular complexity index is 1000. The number of aromatic nitrogens is 1. The van der Waals surface area contributed by atoms with Crippen LogP contribution in [0.2, 0.25) is 0 Å². The highest BCUT2D eigenvalue weighted by Crippen LogP contribution is 2.29. The highest BCUT2D eigenvalue weighted by atomic mass is 16.5. The van der Waals surface area contributed by atoms with Crippen LogP contribution >= 0.6 is 0 Å². The van der Waals surface area contributed by atoms with Gasteiger partial charge in [0.15, 0.2) is 0 Å². The van der Waals surface area contributed by atoms with Gasteiger partial charge in [0.25, 0.3) is 0 Å². The predicted molar refractivity (Wildman–Crippen MR) is 131 cm³/mol. The van der Waals surface area contributed by atoms with Crippen LogP contribution in [0.5, 0.6) is 0 Å². The molecular formula is C26H36N4O3. The lowest BCUT2D eigenvalue weighted by Crippen LogP contribution is -2.43. The van der Waals surface area contributed by atoms with Crippen LogP contribution in [0.4, 0.5) is 11.5 Å². The van der Waals surface area contributed by atoms with Crippen molar-refractivity contribution in [3.63, 3.8) is 0 Å². The van der Waals surface area contributed by atoms with Gasteiger partial charge in [-0.05, 0) is 55.0 Å². The topological polar surface area (TPSA) is 83.6 Å². The van der Waals surface area contributed by atoms with Gasteiger partial charge in [0.2, 0.25) is 11.8 Å². The van der Waals surface area contributed by atoms with E-state index in [0.717, 1.165) is 67.1 Å². The summed E-state index contributed by atoms with van der Waals surface area (Å²) in [7, 11) is 0. The van der Waals surface area contributed by atoms with E-state index < -0.39 is 0 Å². The molecule has 1 aliphatic heterocycles. The average molecular weight is 453 g/mol. The minimum absolute atomic E-state index is 0.0368. The van der Waals surface area contributed by atoms with Crippen LogP contribution in [-0.2, 0) is 14.3 Å². The molecule has 3 atom stereocenters. The number of hydrogen-bond donors (Lipinski definition) is 2. The third kappa shape index (κ3) is 5.82. The van der Waals surface area contributed by atoms with Gasteiger partial charge in [-0.15, -0.1) is 0 Å². The van der Waals surface area contributed by atoms with E-state index in [9.17, 15) is 9.59 Å². The fourth-order valence-corrected chi connectivity index (χ4v) is 4.92. The Labute approximate surface area is 196 Å². The number of morpholine rings is 1. The Kier molecular flexibility index (Phi) is 7.48. The number of aryl methyl sites for hydroxylation is 1. The van der Waals surface area contributed by atoms with E-state index >= 15 is 0 Å². The molecule has 1 saturated heterocycles. The molecule has 2 aromatic rings. The predicted octanol–water partition coefficient (Wildman–Crippen LogP) is 4.04. The molecule has 0 unspecified atom stereocenters. The van der Waals surface area contributed by atoms with Crippen LogP contribution in [0, 0.1) is 18.8 Å². The molecule has 0 bridgehead atoms. The van der Waals surface area contributed by atoms with Gasteiger partial charge in [0.1, 0.15) is 5.82 Å². The molecule has 2 N–H and O–H groups in total. The summed E-state index contributed by atoms with van der Waals surface area (Å²) in [5, 5.41) is 7.10. The maximum absolute atomic E-state index is 12.5. The second-order valence-electron chi connectivity index (χ2n) is 9.62. The van der Waals surface area contributed by atoms with Crippen molar-refractivity contribution in [2.24, 2.45) is 11.8 Å². The quantitative estimate of drug-likeness (QED) is 0.691. The molecule has 1 saturated carbocycles. The van der Waals surface area contributed by atoms with Gasteiger partial charge in [0, 0.05) is 43.0 Å². The number of benzene rings is 1. The summed E-state index contributed by atoms with van der Waals surface area (Å²) in [6.45, 7) is 9.66. The minimum Gasteiger partial charge on any atom is -0.378 e. The first kappa shape index (κ1) is 23.5.